The van der Waals surface area contributed by atoms with Gasteiger partial charge in [-0.2, -0.15) is 18.4 Å². The van der Waals surface area contributed by atoms with Gasteiger partial charge in [-0.05, 0) is 11.1 Å². The minimum absolute atomic E-state index is 0.284. The number of nitrogens with zero attached hydrogens (tertiary/aromatic N) is 1. The number of hydrogen-bond acceptors (Lipinski definition) is 3. The Morgan fingerprint density at radius 2 is 2.05 bits per heavy atom. The molecule has 0 aliphatic heterocycles. The fraction of sp³-hybridized carbons (Fsp3) is 0.462. The number of nitriles is 1. The minimum Gasteiger partial charge on any atom is -0.380 e. The monoisotopic (exact) mass is 272 g/mol. The predicted octanol–water partition coefficient (Wildman–Crippen LogP) is 2.62. The molecule has 1 aromatic rings. The predicted molar refractivity (Wildman–Crippen MR) is 64.0 cm³/mol. The van der Waals surface area contributed by atoms with Crippen LogP contribution in [0, 0.1) is 17.2 Å². The van der Waals surface area contributed by atoms with E-state index < -0.39 is 18.6 Å². The lowest BCUT2D eigenvalue weighted by Crippen LogP contribution is -2.32. The maximum atomic E-state index is 12.3. The van der Waals surface area contributed by atoms with Crippen LogP contribution in [0.1, 0.15) is 11.1 Å². The highest BCUT2D eigenvalue weighted by Crippen LogP contribution is 2.24. The Kier molecular flexibility index (Phi) is 5.80. The molecule has 0 amide bonds. The molecular formula is C13H15F3N2O. The van der Waals surface area contributed by atoms with Crippen LogP contribution in [0.5, 0.6) is 0 Å². The van der Waals surface area contributed by atoms with Gasteiger partial charge in [-0.1, -0.05) is 24.3 Å². The second kappa shape index (κ2) is 7.12. The van der Waals surface area contributed by atoms with Crippen LogP contribution in [-0.2, 0) is 17.9 Å². The summed E-state index contributed by atoms with van der Waals surface area (Å²) in [7, 11) is 1.58. The number of halogens is 3. The zero-order valence-electron chi connectivity index (χ0n) is 10.5. The zero-order valence-corrected chi connectivity index (χ0v) is 10.5. The average Bonchev–Trinajstić information content (AvgIpc) is 2.34. The molecule has 0 saturated heterocycles. The lowest BCUT2D eigenvalue weighted by atomic mass is 10.1. The quantitative estimate of drug-likeness (QED) is 0.865. The van der Waals surface area contributed by atoms with Crippen molar-refractivity contribution in [1.82, 2.24) is 5.32 Å². The first kappa shape index (κ1) is 15.5. The van der Waals surface area contributed by atoms with Gasteiger partial charge in [0.25, 0.3) is 0 Å². The van der Waals surface area contributed by atoms with E-state index in [2.05, 4.69) is 5.32 Å². The van der Waals surface area contributed by atoms with Crippen LogP contribution in [0.25, 0.3) is 0 Å². The van der Waals surface area contributed by atoms with Crippen molar-refractivity contribution >= 4 is 0 Å². The maximum Gasteiger partial charge on any atom is 0.405 e. The molecule has 1 atom stereocenters. The first-order chi connectivity index (χ1) is 8.97. The summed E-state index contributed by atoms with van der Waals surface area (Å²) < 4.78 is 42.0. The van der Waals surface area contributed by atoms with Crippen LogP contribution in [0.2, 0.25) is 0 Å². The topological polar surface area (TPSA) is 45.0 Å². The Labute approximate surface area is 110 Å². The smallest absolute Gasteiger partial charge is 0.380 e. The van der Waals surface area contributed by atoms with Crippen molar-refractivity contribution in [2.75, 3.05) is 13.7 Å². The van der Waals surface area contributed by atoms with Gasteiger partial charge >= 0.3 is 6.18 Å². The van der Waals surface area contributed by atoms with Gasteiger partial charge in [0.1, 0.15) is 0 Å². The highest BCUT2D eigenvalue weighted by molar-refractivity contribution is 5.22. The van der Waals surface area contributed by atoms with E-state index in [1.165, 1.54) is 6.07 Å². The summed E-state index contributed by atoms with van der Waals surface area (Å²) in [5.41, 5.74) is 1.81. The zero-order chi connectivity index (χ0) is 14.3. The Bertz CT molecular complexity index is 440. The lowest BCUT2D eigenvalue weighted by Gasteiger charge is -2.14. The lowest BCUT2D eigenvalue weighted by molar-refractivity contribution is -0.157. The normalized spacial score (nSPS) is 13.0. The van der Waals surface area contributed by atoms with E-state index in [0.29, 0.717) is 6.61 Å². The maximum absolute atomic E-state index is 12.3. The van der Waals surface area contributed by atoms with Crippen LogP contribution < -0.4 is 5.32 Å². The van der Waals surface area contributed by atoms with Crippen molar-refractivity contribution < 1.29 is 17.9 Å². The molecule has 6 heteroatoms. The van der Waals surface area contributed by atoms with E-state index in [1.807, 2.05) is 18.2 Å². The molecule has 0 spiro atoms. The number of benzene rings is 1. The van der Waals surface area contributed by atoms with Crippen LogP contribution in [0.3, 0.4) is 0 Å². The largest absolute Gasteiger partial charge is 0.405 e. The van der Waals surface area contributed by atoms with Gasteiger partial charge in [0.2, 0.25) is 0 Å². The van der Waals surface area contributed by atoms with Crippen molar-refractivity contribution in [1.29, 1.82) is 5.26 Å². The summed E-state index contributed by atoms with van der Waals surface area (Å²) in [6.45, 7) is 0.331. The molecule has 0 aliphatic carbocycles. The molecule has 1 rings (SSSR count). The van der Waals surface area contributed by atoms with Crippen LogP contribution in [-0.4, -0.2) is 19.8 Å². The summed E-state index contributed by atoms with van der Waals surface area (Å²) in [5.74, 6) is -1.98. The summed E-state index contributed by atoms with van der Waals surface area (Å²) in [4.78, 5) is 0. The number of hydrogen-bond donors (Lipinski definition) is 1. The van der Waals surface area contributed by atoms with Crippen LogP contribution in [0.15, 0.2) is 24.3 Å². The second-order valence-corrected chi connectivity index (χ2v) is 4.11. The molecule has 0 aromatic heterocycles. The Morgan fingerprint density at radius 3 is 2.63 bits per heavy atom. The molecule has 0 radical (unpaired) electrons. The molecule has 1 N–H and O–H groups in total. The fourth-order valence-corrected chi connectivity index (χ4v) is 1.59. The second-order valence-electron chi connectivity index (χ2n) is 4.11. The van der Waals surface area contributed by atoms with E-state index in [0.717, 1.165) is 11.1 Å². The molecule has 0 bridgehead atoms. The number of methoxy groups -OCH3 is 1. The number of ether oxygens (including phenoxy) is 1. The molecule has 0 aliphatic rings. The summed E-state index contributed by atoms with van der Waals surface area (Å²) >= 11 is 0. The van der Waals surface area contributed by atoms with E-state index in [1.54, 1.807) is 13.2 Å². The van der Waals surface area contributed by atoms with Crippen molar-refractivity contribution in [3.05, 3.63) is 35.4 Å². The Balaban J connectivity index is 2.49. The fourth-order valence-electron chi connectivity index (χ4n) is 1.59. The third-order valence-electron chi connectivity index (χ3n) is 2.53. The molecule has 0 heterocycles. The molecular weight excluding hydrogens is 257 g/mol. The van der Waals surface area contributed by atoms with E-state index in [-0.39, 0.29) is 6.54 Å². The molecule has 0 saturated carbocycles. The SMILES string of the molecule is COCc1cccc(CNCC(C#N)C(F)(F)F)c1. The number of nitrogens with one attached hydrogen (secondary N) is 1. The molecule has 1 unspecified atom stereocenters. The summed E-state index contributed by atoms with van der Waals surface area (Å²) in [5, 5.41) is 11.1. The highest BCUT2D eigenvalue weighted by atomic mass is 19.4. The van der Waals surface area contributed by atoms with Gasteiger partial charge in [0.15, 0.2) is 5.92 Å². The molecule has 104 valence electrons. The summed E-state index contributed by atoms with van der Waals surface area (Å²) in [6, 6.07) is 8.60. The van der Waals surface area contributed by atoms with Gasteiger partial charge in [0, 0.05) is 20.2 Å². The Morgan fingerprint density at radius 1 is 1.37 bits per heavy atom. The first-order valence-corrected chi connectivity index (χ1v) is 5.71. The summed E-state index contributed by atoms with van der Waals surface area (Å²) in [6.07, 6.45) is -4.49. The minimum atomic E-state index is -4.49. The first-order valence-electron chi connectivity index (χ1n) is 5.71. The molecule has 3 nitrogen and oxygen atoms in total. The average molecular weight is 272 g/mol. The number of rotatable bonds is 6. The van der Waals surface area contributed by atoms with Gasteiger partial charge in [-0.15, -0.1) is 0 Å². The van der Waals surface area contributed by atoms with Gasteiger partial charge in [-0.3, -0.25) is 0 Å². The van der Waals surface area contributed by atoms with E-state index in [4.69, 9.17) is 10.00 Å². The van der Waals surface area contributed by atoms with Gasteiger partial charge in [-0.25, -0.2) is 0 Å². The number of alkyl halides is 3. The highest BCUT2D eigenvalue weighted by Gasteiger charge is 2.39. The van der Waals surface area contributed by atoms with Crippen molar-refractivity contribution in [2.24, 2.45) is 5.92 Å². The van der Waals surface area contributed by atoms with Crippen molar-refractivity contribution in [3.63, 3.8) is 0 Å². The van der Waals surface area contributed by atoms with Gasteiger partial charge in [0.05, 0.1) is 12.7 Å². The van der Waals surface area contributed by atoms with Crippen molar-refractivity contribution in [3.8, 4) is 6.07 Å². The van der Waals surface area contributed by atoms with E-state index >= 15 is 0 Å². The third kappa shape index (κ3) is 5.28. The molecule has 19 heavy (non-hydrogen) atoms. The van der Waals surface area contributed by atoms with Crippen LogP contribution >= 0.6 is 0 Å². The van der Waals surface area contributed by atoms with Crippen molar-refractivity contribution in [2.45, 2.75) is 19.3 Å². The van der Waals surface area contributed by atoms with E-state index in [9.17, 15) is 13.2 Å². The standard InChI is InChI=1S/C13H15F3N2O/c1-19-9-11-4-2-3-10(5-11)7-18-8-12(6-17)13(14,15)16/h2-5,12,18H,7-9H2,1H3. The molecule has 1 aromatic carbocycles. The Hall–Kier alpha value is -1.58. The van der Waals surface area contributed by atoms with Gasteiger partial charge < -0.3 is 10.1 Å². The van der Waals surface area contributed by atoms with Crippen LogP contribution in [0.4, 0.5) is 13.2 Å². The molecule has 0 fully saturated rings. The third-order valence-corrected chi connectivity index (χ3v) is 2.53.